The number of benzene rings is 2. The van der Waals surface area contributed by atoms with E-state index < -0.39 is 28.0 Å². The minimum absolute atomic E-state index is 0.0208. The molecule has 1 aromatic heterocycles. The van der Waals surface area contributed by atoms with Gasteiger partial charge in [0.25, 0.3) is 5.91 Å². The molecular weight excluding hydrogens is 531 g/mol. The van der Waals surface area contributed by atoms with Crippen LogP contribution in [0.15, 0.2) is 53.4 Å². The number of nitrogens with zero attached hydrogens (tertiary/aromatic N) is 2. The number of aromatic nitrogens is 1. The molecule has 0 radical (unpaired) electrons. The number of aliphatic hydroxyl groups excluding tert-OH is 1. The van der Waals surface area contributed by atoms with Gasteiger partial charge >= 0.3 is 6.18 Å². The van der Waals surface area contributed by atoms with Gasteiger partial charge in [0.15, 0.2) is 9.84 Å². The number of amides is 1. The summed E-state index contributed by atoms with van der Waals surface area (Å²) in [4.78, 5) is 15.3. The molecule has 212 valence electrons. The first-order chi connectivity index (χ1) is 18.5. The Balaban J connectivity index is 1.48. The molecule has 11 heteroatoms. The van der Waals surface area contributed by atoms with Crippen molar-refractivity contribution >= 4 is 26.6 Å². The van der Waals surface area contributed by atoms with Gasteiger partial charge in [-0.1, -0.05) is 19.1 Å². The molecule has 0 bridgehead atoms. The fraction of sp³-hybridized carbons (Fsp3) is 0.464. The largest absolute Gasteiger partial charge is 0.394 e. The van der Waals surface area contributed by atoms with Gasteiger partial charge in [-0.15, -0.1) is 0 Å². The van der Waals surface area contributed by atoms with Gasteiger partial charge in [-0.25, -0.2) is 8.42 Å². The van der Waals surface area contributed by atoms with E-state index in [1.54, 1.807) is 31.2 Å². The van der Waals surface area contributed by atoms with Gasteiger partial charge < -0.3 is 15.0 Å². The Kier molecular flexibility index (Phi) is 8.72. The molecule has 1 saturated heterocycles. The van der Waals surface area contributed by atoms with Crippen LogP contribution in [0.1, 0.15) is 54.3 Å². The van der Waals surface area contributed by atoms with Crippen LogP contribution in [-0.2, 0) is 22.9 Å². The lowest BCUT2D eigenvalue weighted by molar-refractivity contribution is -0.185. The van der Waals surface area contributed by atoms with Gasteiger partial charge in [0.1, 0.15) is 0 Å². The summed E-state index contributed by atoms with van der Waals surface area (Å²) in [5.41, 5.74) is 2.89. The Morgan fingerprint density at radius 1 is 1.08 bits per heavy atom. The molecule has 1 aliphatic heterocycles. The van der Waals surface area contributed by atoms with E-state index >= 15 is 0 Å². The van der Waals surface area contributed by atoms with E-state index in [-0.39, 0.29) is 36.0 Å². The molecular formula is C28H34F3N3O4S. The third-order valence-corrected chi connectivity index (χ3v) is 9.26. The van der Waals surface area contributed by atoms with Gasteiger partial charge in [-0.05, 0) is 74.8 Å². The first-order valence-electron chi connectivity index (χ1n) is 13.1. The first-order valence-corrected chi connectivity index (χ1v) is 14.8. The van der Waals surface area contributed by atoms with Gasteiger partial charge in [0, 0.05) is 35.2 Å². The molecule has 0 saturated carbocycles. The molecule has 2 heterocycles. The van der Waals surface area contributed by atoms with E-state index in [2.05, 4.69) is 9.88 Å². The fourth-order valence-corrected chi connectivity index (χ4v) is 6.06. The highest BCUT2D eigenvalue weighted by Crippen LogP contribution is 2.34. The standard InChI is InChI=1S/C28H34F3N3O4S/c1-3-34-23(17-33-13-11-22(12-14-33)28(29,30)31)16-21-15-20(7-10-26(21)34)27(36)32-25(18-35)19-5-8-24(9-6-19)39(37,38)4-2/h5-10,15-16,22,25,35H,3-4,11-14,17-18H2,1-2H3,(H,32,36)/t25-/m0/s1. The number of hydrogen-bond donors (Lipinski definition) is 2. The predicted molar refractivity (Wildman–Crippen MR) is 143 cm³/mol. The number of alkyl halides is 3. The minimum Gasteiger partial charge on any atom is -0.394 e. The molecule has 2 N–H and O–H groups in total. The quantitative estimate of drug-likeness (QED) is 0.393. The SMILES string of the molecule is CCn1c(CN2CCC(C(F)(F)F)CC2)cc2cc(C(=O)N[C@@H](CO)c3ccc(S(=O)(=O)CC)cc3)ccc21. The molecule has 0 unspecified atom stereocenters. The zero-order valence-electron chi connectivity index (χ0n) is 22.0. The van der Waals surface area contributed by atoms with Crippen LogP contribution in [0.25, 0.3) is 10.9 Å². The van der Waals surface area contributed by atoms with Crippen LogP contribution < -0.4 is 5.32 Å². The number of aryl methyl sites for hydroxylation is 1. The maximum atomic E-state index is 13.1. The Labute approximate surface area is 226 Å². The summed E-state index contributed by atoms with van der Waals surface area (Å²) >= 11 is 0. The maximum Gasteiger partial charge on any atom is 0.391 e. The average Bonchev–Trinajstić information content (AvgIpc) is 3.27. The van der Waals surface area contributed by atoms with Crippen molar-refractivity contribution in [3.63, 3.8) is 0 Å². The van der Waals surface area contributed by atoms with Gasteiger partial charge in [-0.2, -0.15) is 13.2 Å². The smallest absolute Gasteiger partial charge is 0.391 e. The molecule has 3 aromatic rings. The second-order valence-electron chi connectivity index (χ2n) is 9.93. The summed E-state index contributed by atoms with van der Waals surface area (Å²) < 4.78 is 65.3. The Bertz CT molecular complexity index is 1410. The zero-order chi connectivity index (χ0) is 28.4. The van der Waals surface area contributed by atoms with Crippen molar-refractivity contribution in [2.45, 2.75) is 56.9 Å². The number of hydrogen-bond acceptors (Lipinski definition) is 5. The topological polar surface area (TPSA) is 91.6 Å². The lowest BCUT2D eigenvalue weighted by atomic mass is 9.96. The van der Waals surface area contributed by atoms with Crippen molar-refractivity contribution in [3.8, 4) is 0 Å². The van der Waals surface area contributed by atoms with Crippen molar-refractivity contribution in [2.75, 3.05) is 25.4 Å². The first kappa shape index (κ1) is 29.1. The van der Waals surface area contributed by atoms with Crippen LogP contribution in [0.4, 0.5) is 13.2 Å². The number of carbonyl (C=O) groups is 1. The highest BCUT2D eigenvalue weighted by atomic mass is 32.2. The number of piperidine rings is 1. The summed E-state index contributed by atoms with van der Waals surface area (Å²) in [6.45, 7) is 5.19. The highest BCUT2D eigenvalue weighted by molar-refractivity contribution is 7.91. The molecule has 0 spiro atoms. The second-order valence-corrected chi connectivity index (χ2v) is 12.2. The summed E-state index contributed by atoms with van der Waals surface area (Å²) in [6.07, 6.45) is -3.94. The number of fused-ring (bicyclic) bond motifs is 1. The van der Waals surface area contributed by atoms with Gasteiger partial charge in [0.05, 0.1) is 29.2 Å². The summed E-state index contributed by atoms with van der Waals surface area (Å²) in [5, 5.41) is 13.6. The molecule has 1 aliphatic rings. The molecule has 1 fully saturated rings. The summed E-state index contributed by atoms with van der Waals surface area (Å²) in [6, 6.07) is 12.7. The van der Waals surface area contributed by atoms with Crippen LogP contribution in [0.2, 0.25) is 0 Å². The molecule has 2 aromatic carbocycles. The molecule has 39 heavy (non-hydrogen) atoms. The van der Waals surface area contributed by atoms with Gasteiger partial charge in [0.2, 0.25) is 0 Å². The minimum atomic E-state index is -4.14. The summed E-state index contributed by atoms with van der Waals surface area (Å²) in [7, 11) is -3.36. The molecule has 4 rings (SSSR count). The van der Waals surface area contributed by atoms with Crippen molar-refractivity contribution in [1.29, 1.82) is 0 Å². The van der Waals surface area contributed by atoms with E-state index in [1.165, 1.54) is 12.1 Å². The fourth-order valence-electron chi connectivity index (χ4n) is 5.17. The summed E-state index contributed by atoms with van der Waals surface area (Å²) in [5.74, 6) is -1.65. The normalized spacial score (nSPS) is 16.5. The number of aliphatic hydroxyl groups is 1. The van der Waals surface area contributed by atoms with Crippen LogP contribution >= 0.6 is 0 Å². The molecule has 0 aliphatic carbocycles. The van der Waals surface area contributed by atoms with E-state index in [1.807, 2.05) is 24.0 Å². The molecule has 1 amide bonds. The van der Waals surface area contributed by atoms with Crippen molar-refractivity contribution in [3.05, 3.63) is 65.4 Å². The highest BCUT2D eigenvalue weighted by Gasteiger charge is 2.41. The van der Waals surface area contributed by atoms with Crippen molar-refractivity contribution in [2.24, 2.45) is 5.92 Å². The van der Waals surface area contributed by atoms with E-state index in [4.69, 9.17) is 0 Å². The van der Waals surface area contributed by atoms with E-state index in [9.17, 15) is 31.5 Å². The number of sulfone groups is 1. The Morgan fingerprint density at radius 3 is 2.31 bits per heavy atom. The number of nitrogens with one attached hydrogen (secondary N) is 1. The zero-order valence-corrected chi connectivity index (χ0v) is 22.9. The number of halogens is 3. The number of rotatable bonds is 9. The lowest BCUT2D eigenvalue weighted by Gasteiger charge is -2.33. The van der Waals surface area contributed by atoms with Crippen molar-refractivity contribution in [1.82, 2.24) is 14.8 Å². The number of carbonyl (C=O) groups excluding carboxylic acids is 1. The lowest BCUT2D eigenvalue weighted by Crippen LogP contribution is -2.38. The molecule has 1 atom stereocenters. The van der Waals surface area contributed by atoms with Crippen LogP contribution in [0.5, 0.6) is 0 Å². The predicted octanol–water partition coefficient (Wildman–Crippen LogP) is 4.69. The van der Waals surface area contributed by atoms with E-state index in [0.29, 0.717) is 37.3 Å². The van der Waals surface area contributed by atoms with Crippen molar-refractivity contribution < 1.29 is 31.5 Å². The second kappa shape index (κ2) is 11.7. The Hall–Kier alpha value is -2.89. The monoisotopic (exact) mass is 565 g/mol. The van der Waals surface area contributed by atoms with Gasteiger partial charge in [-0.3, -0.25) is 9.69 Å². The third kappa shape index (κ3) is 6.47. The Morgan fingerprint density at radius 2 is 1.74 bits per heavy atom. The third-order valence-electron chi connectivity index (χ3n) is 7.51. The molecule has 7 nitrogen and oxygen atoms in total. The van der Waals surface area contributed by atoms with Crippen LogP contribution in [0, 0.1) is 5.92 Å². The van der Waals surface area contributed by atoms with Crippen LogP contribution in [0.3, 0.4) is 0 Å². The van der Waals surface area contributed by atoms with E-state index in [0.717, 1.165) is 16.6 Å². The van der Waals surface area contributed by atoms with Crippen LogP contribution in [-0.4, -0.2) is 60.5 Å². The number of likely N-dealkylation sites (tertiary alicyclic amines) is 1. The maximum absolute atomic E-state index is 13.1. The average molecular weight is 566 g/mol.